The van der Waals surface area contributed by atoms with Gasteiger partial charge in [-0.3, -0.25) is 18.5 Å². The Labute approximate surface area is 209 Å². The molecule has 0 fully saturated rings. The lowest BCUT2D eigenvalue weighted by Crippen LogP contribution is -2.38. The minimum absolute atomic E-state index is 0.0208. The first kappa shape index (κ1) is 24.0. The van der Waals surface area contributed by atoms with Gasteiger partial charge in [-0.1, -0.05) is 30.3 Å². The topological polar surface area (TPSA) is 152 Å². The Morgan fingerprint density at radius 2 is 1.86 bits per heavy atom. The lowest BCUT2D eigenvalue weighted by molar-refractivity contribution is 0.0937. The van der Waals surface area contributed by atoms with Crippen molar-refractivity contribution in [3.05, 3.63) is 74.9 Å². The number of hydrogen-bond acceptors (Lipinski definition) is 8. The quantitative estimate of drug-likeness (QED) is 0.291. The van der Waals surface area contributed by atoms with E-state index in [-0.39, 0.29) is 41.8 Å². The third-order valence-corrected chi connectivity index (χ3v) is 6.05. The number of rotatable bonds is 7. The van der Waals surface area contributed by atoms with Crippen LogP contribution in [-0.4, -0.2) is 46.6 Å². The second kappa shape index (κ2) is 9.39. The fourth-order valence-corrected chi connectivity index (χ4v) is 4.15. The van der Waals surface area contributed by atoms with Crippen molar-refractivity contribution in [1.82, 2.24) is 23.7 Å². The van der Waals surface area contributed by atoms with Crippen molar-refractivity contribution in [2.24, 2.45) is 24.3 Å². The molecule has 5 rings (SSSR count). The second-order valence-electron chi connectivity index (χ2n) is 8.75. The van der Waals surface area contributed by atoms with Gasteiger partial charge in [0, 0.05) is 19.5 Å². The summed E-state index contributed by atoms with van der Waals surface area (Å²) < 4.78 is 9.30. The van der Waals surface area contributed by atoms with E-state index in [2.05, 4.69) is 20.2 Å². The van der Waals surface area contributed by atoms with Crippen LogP contribution in [0.3, 0.4) is 0 Å². The Hall–Kier alpha value is -4.71. The van der Waals surface area contributed by atoms with Crippen LogP contribution in [0.1, 0.15) is 5.56 Å². The molecule has 5 aromatic rings. The van der Waals surface area contributed by atoms with E-state index in [1.807, 2.05) is 31.2 Å². The molecule has 0 aliphatic heterocycles. The first-order chi connectivity index (χ1) is 17.7. The van der Waals surface area contributed by atoms with Crippen LogP contribution in [0, 0.1) is 6.92 Å². The van der Waals surface area contributed by atoms with Gasteiger partial charge in [-0.15, -0.1) is 10.2 Å². The predicted molar refractivity (Wildman–Crippen MR) is 137 cm³/mol. The van der Waals surface area contributed by atoms with E-state index in [0.717, 1.165) is 10.1 Å². The number of nitrogens with zero attached hydrogens (tertiary/aromatic N) is 6. The molecule has 12 nitrogen and oxygen atoms in total. The standard InChI is InChI=1S/C25H25N7O5/c1-14-7-6-8-16(11-14)37-13-15(33)12-32-20-21(30(2)25(36)31(3)23(20)35)27-24(32)29-28-19-17-9-4-5-10-18(17)26-22(19)34/h4-11,15,26,33-34H,12-13H2,1-3H3. The lowest BCUT2D eigenvalue weighted by atomic mass is 10.2. The molecule has 0 aliphatic rings. The zero-order valence-electron chi connectivity index (χ0n) is 20.4. The van der Waals surface area contributed by atoms with Crippen LogP contribution in [-0.2, 0) is 20.6 Å². The molecule has 2 aromatic carbocycles. The number of fused-ring (bicyclic) bond motifs is 2. The zero-order chi connectivity index (χ0) is 26.3. The number of imidazole rings is 1. The van der Waals surface area contributed by atoms with Gasteiger partial charge in [-0.2, -0.15) is 4.98 Å². The number of azo groups is 1. The molecule has 1 atom stereocenters. The number of para-hydroxylation sites is 1. The first-order valence-electron chi connectivity index (χ1n) is 11.5. The van der Waals surface area contributed by atoms with E-state index in [0.29, 0.717) is 16.7 Å². The third-order valence-electron chi connectivity index (χ3n) is 6.05. The molecule has 12 heteroatoms. The smallest absolute Gasteiger partial charge is 0.332 e. The molecule has 3 heterocycles. The number of benzene rings is 2. The molecule has 1 unspecified atom stereocenters. The number of H-pyrrole nitrogens is 1. The fraction of sp³-hybridized carbons (Fsp3) is 0.240. The summed E-state index contributed by atoms with van der Waals surface area (Å²) in [6.45, 7) is 1.77. The van der Waals surface area contributed by atoms with Gasteiger partial charge in [-0.05, 0) is 30.7 Å². The highest BCUT2D eigenvalue weighted by Gasteiger charge is 2.22. The van der Waals surface area contributed by atoms with Crippen molar-refractivity contribution in [3.63, 3.8) is 0 Å². The minimum Gasteiger partial charge on any atom is -0.493 e. The van der Waals surface area contributed by atoms with E-state index in [1.54, 1.807) is 24.3 Å². The molecule has 0 amide bonds. The van der Waals surface area contributed by atoms with Crippen LogP contribution in [0.4, 0.5) is 11.6 Å². The van der Waals surface area contributed by atoms with Crippen molar-refractivity contribution in [2.75, 3.05) is 6.61 Å². The Morgan fingerprint density at radius 3 is 2.65 bits per heavy atom. The number of ether oxygens (including phenoxy) is 1. The molecule has 190 valence electrons. The van der Waals surface area contributed by atoms with Gasteiger partial charge in [0.15, 0.2) is 16.9 Å². The number of hydrogen-bond donors (Lipinski definition) is 3. The number of nitrogens with one attached hydrogen (secondary N) is 1. The zero-order valence-corrected chi connectivity index (χ0v) is 20.4. The fourth-order valence-electron chi connectivity index (χ4n) is 4.15. The van der Waals surface area contributed by atoms with Crippen molar-refractivity contribution in [1.29, 1.82) is 0 Å². The van der Waals surface area contributed by atoms with Crippen LogP contribution in [0.2, 0.25) is 0 Å². The van der Waals surface area contributed by atoms with Gasteiger partial charge in [-0.25, -0.2) is 4.79 Å². The summed E-state index contributed by atoms with van der Waals surface area (Å²) in [7, 11) is 2.86. The molecule has 3 aromatic heterocycles. The first-order valence-corrected chi connectivity index (χ1v) is 11.5. The van der Waals surface area contributed by atoms with Gasteiger partial charge in [0.05, 0.1) is 12.1 Å². The van der Waals surface area contributed by atoms with Gasteiger partial charge in [0.25, 0.3) is 11.5 Å². The maximum atomic E-state index is 13.1. The van der Waals surface area contributed by atoms with Gasteiger partial charge >= 0.3 is 5.69 Å². The van der Waals surface area contributed by atoms with E-state index in [9.17, 15) is 19.8 Å². The van der Waals surface area contributed by atoms with Crippen LogP contribution in [0.15, 0.2) is 68.3 Å². The maximum absolute atomic E-state index is 13.1. The minimum atomic E-state index is -1.05. The number of aromatic nitrogens is 5. The number of aliphatic hydroxyl groups excluding tert-OH is 1. The molecule has 0 bridgehead atoms. The summed E-state index contributed by atoms with van der Waals surface area (Å²) in [4.78, 5) is 32.7. The Bertz CT molecular complexity index is 1780. The summed E-state index contributed by atoms with van der Waals surface area (Å²) in [6.07, 6.45) is -1.05. The largest absolute Gasteiger partial charge is 0.493 e. The number of aromatic hydroxyl groups is 1. The molecule has 0 spiro atoms. The highest BCUT2D eigenvalue weighted by molar-refractivity contribution is 5.94. The Balaban J connectivity index is 1.56. The summed E-state index contributed by atoms with van der Waals surface area (Å²) in [6, 6.07) is 14.6. The molecular formula is C25H25N7O5. The van der Waals surface area contributed by atoms with Crippen LogP contribution < -0.4 is 16.0 Å². The SMILES string of the molecule is Cc1cccc(OCC(O)Cn2c(N=Nc3c(O)[nH]c4ccccc34)nc3c2c(=O)n(C)c(=O)n3C)c1. The molecule has 3 N–H and O–H groups in total. The molecule has 0 saturated carbocycles. The molecule has 37 heavy (non-hydrogen) atoms. The maximum Gasteiger partial charge on any atom is 0.332 e. The van der Waals surface area contributed by atoms with Crippen molar-refractivity contribution in [3.8, 4) is 11.6 Å². The summed E-state index contributed by atoms with van der Waals surface area (Å²) in [5.74, 6) is 0.401. The highest BCUT2D eigenvalue weighted by atomic mass is 16.5. The lowest BCUT2D eigenvalue weighted by Gasteiger charge is -2.14. The van der Waals surface area contributed by atoms with Crippen molar-refractivity contribution < 1.29 is 14.9 Å². The normalized spacial score (nSPS) is 12.6. The molecular weight excluding hydrogens is 478 g/mol. The van der Waals surface area contributed by atoms with Crippen LogP contribution in [0.5, 0.6) is 11.6 Å². The predicted octanol–water partition coefficient (Wildman–Crippen LogP) is 2.78. The molecule has 0 saturated heterocycles. The molecule has 0 radical (unpaired) electrons. The van der Waals surface area contributed by atoms with Crippen molar-refractivity contribution in [2.45, 2.75) is 19.6 Å². The van der Waals surface area contributed by atoms with Gasteiger partial charge in [0.1, 0.15) is 18.5 Å². The van der Waals surface area contributed by atoms with E-state index < -0.39 is 17.4 Å². The average Bonchev–Trinajstić information content (AvgIpc) is 3.40. The Morgan fingerprint density at radius 1 is 1.08 bits per heavy atom. The van der Waals surface area contributed by atoms with E-state index in [4.69, 9.17) is 4.74 Å². The number of aromatic amines is 1. The van der Waals surface area contributed by atoms with Gasteiger partial charge in [0.2, 0.25) is 5.88 Å². The van der Waals surface area contributed by atoms with Crippen LogP contribution >= 0.6 is 0 Å². The van der Waals surface area contributed by atoms with Gasteiger partial charge < -0.3 is 19.9 Å². The van der Waals surface area contributed by atoms with Crippen LogP contribution in [0.25, 0.3) is 22.1 Å². The van der Waals surface area contributed by atoms with E-state index >= 15 is 0 Å². The summed E-state index contributed by atoms with van der Waals surface area (Å²) in [5.41, 5.74) is 0.910. The number of aryl methyl sites for hydroxylation is 2. The summed E-state index contributed by atoms with van der Waals surface area (Å²) >= 11 is 0. The summed E-state index contributed by atoms with van der Waals surface area (Å²) in [5, 5.41) is 30.2. The third kappa shape index (κ3) is 4.38. The van der Waals surface area contributed by atoms with Crippen molar-refractivity contribution >= 4 is 33.7 Å². The Kier molecular flexibility index (Phi) is 6.09. The van der Waals surface area contributed by atoms with E-state index in [1.165, 1.54) is 23.2 Å². The number of aliphatic hydroxyl groups is 1. The average molecular weight is 504 g/mol. The second-order valence-corrected chi connectivity index (χ2v) is 8.75. The highest BCUT2D eigenvalue weighted by Crippen LogP contribution is 2.36. The monoisotopic (exact) mass is 503 g/mol. The molecule has 0 aliphatic carbocycles.